The number of rotatable bonds is 5. The van der Waals surface area contributed by atoms with Gasteiger partial charge in [0, 0.05) is 0 Å². The molecule has 78 valence electrons. The molecular formula is C11H22O2. The zero-order valence-electron chi connectivity index (χ0n) is 9.52. The lowest BCUT2D eigenvalue weighted by Gasteiger charge is -2.31. The molecule has 2 unspecified atom stereocenters. The molecule has 0 aromatic carbocycles. The number of methoxy groups -OCH3 is 1. The maximum absolute atomic E-state index is 11.6. The fourth-order valence-corrected chi connectivity index (χ4v) is 1.68. The van der Waals surface area contributed by atoms with Crippen LogP contribution in [0.15, 0.2) is 0 Å². The quantitative estimate of drug-likeness (QED) is 0.617. The zero-order valence-corrected chi connectivity index (χ0v) is 9.52. The molecule has 0 aromatic heterocycles. The molecular weight excluding hydrogens is 164 g/mol. The third kappa shape index (κ3) is 2.71. The summed E-state index contributed by atoms with van der Waals surface area (Å²) in [7, 11) is 1.47. The molecule has 0 heterocycles. The van der Waals surface area contributed by atoms with Crippen LogP contribution < -0.4 is 0 Å². The number of hydrogen-bond acceptors (Lipinski definition) is 2. The SMILES string of the molecule is CCCC(C)C(C)(CC)C(=O)OC. The predicted molar refractivity (Wildman–Crippen MR) is 54.5 cm³/mol. The molecule has 2 heteroatoms. The predicted octanol–water partition coefficient (Wildman–Crippen LogP) is 3.01. The van der Waals surface area contributed by atoms with E-state index in [1.54, 1.807) is 0 Å². The van der Waals surface area contributed by atoms with E-state index in [1.807, 2.05) is 13.8 Å². The van der Waals surface area contributed by atoms with E-state index in [-0.39, 0.29) is 11.4 Å². The summed E-state index contributed by atoms with van der Waals surface area (Å²) in [5.74, 6) is 0.325. The molecule has 0 fully saturated rings. The van der Waals surface area contributed by atoms with E-state index in [1.165, 1.54) is 7.11 Å². The van der Waals surface area contributed by atoms with Gasteiger partial charge in [-0.15, -0.1) is 0 Å². The van der Waals surface area contributed by atoms with Gasteiger partial charge in [0.15, 0.2) is 0 Å². The van der Waals surface area contributed by atoms with Crippen molar-refractivity contribution in [3.05, 3.63) is 0 Å². The van der Waals surface area contributed by atoms with E-state index in [0.29, 0.717) is 5.92 Å². The van der Waals surface area contributed by atoms with Crippen molar-refractivity contribution in [1.29, 1.82) is 0 Å². The zero-order chi connectivity index (χ0) is 10.5. The Hall–Kier alpha value is -0.530. The van der Waals surface area contributed by atoms with Crippen molar-refractivity contribution >= 4 is 5.97 Å². The Morgan fingerprint density at radius 1 is 1.46 bits per heavy atom. The third-order valence-electron chi connectivity index (χ3n) is 3.20. The monoisotopic (exact) mass is 186 g/mol. The third-order valence-corrected chi connectivity index (χ3v) is 3.20. The second-order valence-electron chi connectivity index (χ2n) is 3.95. The van der Waals surface area contributed by atoms with Crippen LogP contribution in [0.25, 0.3) is 0 Å². The van der Waals surface area contributed by atoms with E-state index < -0.39 is 0 Å². The highest BCUT2D eigenvalue weighted by atomic mass is 16.5. The van der Waals surface area contributed by atoms with Crippen LogP contribution in [-0.2, 0) is 9.53 Å². The van der Waals surface area contributed by atoms with Crippen LogP contribution in [0.4, 0.5) is 0 Å². The normalized spacial score (nSPS) is 17.6. The minimum absolute atomic E-state index is 0.0732. The van der Waals surface area contributed by atoms with Crippen LogP contribution in [0.1, 0.15) is 47.0 Å². The van der Waals surface area contributed by atoms with Gasteiger partial charge < -0.3 is 4.74 Å². The highest BCUT2D eigenvalue weighted by Crippen LogP contribution is 2.35. The Morgan fingerprint density at radius 3 is 2.31 bits per heavy atom. The van der Waals surface area contributed by atoms with Gasteiger partial charge in [0.2, 0.25) is 0 Å². The van der Waals surface area contributed by atoms with Crippen LogP contribution in [0.2, 0.25) is 0 Å². The lowest BCUT2D eigenvalue weighted by molar-refractivity contribution is -0.155. The van der Waals surface area contributed by atoms with Crippen LogP contribution in [0.5, 0.6) is 0 Å². The van der Waals surface area contributed by atoms with Crippen LogP contribution >= 0.6 is 0 Å². The lowest BCUT2D eigenvalue weighted by atomic mass is 9.74. The first-order valence-electron chi connectivity index (χ1n) is 5.11. The van der Waals surface area contributed by atoms with E-state index in [2.05, 4.69) is 13.8 Å². The fourth-order valence-electron chi connectivity index (χ4n) is 1.68. The topological polar surface area (TPSA) is 26.3 Å². The van der Waals surface area contributed by atoms with Gasteiger partial charge in [0.1, 0.15) is 0 Å². The summed E-state index contributed by atoms with van der Waals surface area (Å²) in [5.41, 5.74) is -0.301. The molecule has 0 aliphatic heterocycles. The molecule has 0 bridgehead atoms. The molecule has 0 saturated carbocycles. The average Bonchev–Trinajstić information content (AvgIpc) is 2.15. The summed E-state index contributed by atoms with van der Waals surface area (Å²) in [6.45, 7) is 8.32. The van der Waals surface area contributed by atoms with Gasteiger partial charge in [-0.3, -0.25) is 4.79 Å². The van der Waals surface area contributed by atoms with Crippen molar-refractivity contribution in [1.82, 2.24) is 0 Å². The summed E-state index contributed by atoms with van der Waals surface area (Å²) < 4.78 is 4.83. The van der Waals surface area contributed by atoms with Gasteiger partial charge in [-0.05, 0) is 25.7 Å². The molecule has 0 aliphatic carbocycles. The molecule has 0 rings (SSSR count). The maximum atomic E-state index is 11.6. The van der Waals surface area contributed by atoms with Gasteiger partial charge >= 0.3 is 5.97 Å². The Balaban J connectivity index is 4.51. The highest BCUT2D eigenvalue weighted by molar-refractivity contribution is 5.76. The number of carbonyl (C=O) groups is 1. The van der Waals surface area contributed by atoms with Crippen molar-refractivity contribution in [2.45, 2.75) is 47.0 Å². The molecule has 2 atom stereocenters. The number of carbonyl (C=O) groups excluding carboxylic acids is 1. The Labute approximate surface area is 81.7 Å². The number of esters is 1. The van der Waals surface area contributed by atoms with Gasteiger partial charge in [0.05, 0.1) is 12.5 Å². The first-order chi connectivity index (χ1) is 6.02. The second-order valence-corrected chi connectivity index (χ2v) is 3.95. The first kappa shape index (κ1) is 12.5. The maximum Gasteiger partial charge on any atom is 0.311 e. The summed E-state index contributed by atoms with van der Waals surface area (Å²) >= 11 is 0. The smallest absolute Gasteiger partial charge is 0.311 e. The standard InChI is InChI=1S/C11H22O2/c1-6-8-9(3)11(4,7-2)10(12)13-5/h9H,6-8H2,1-5H3. The Kier molecular flexibility index (Phi) is 5.04. The minimum Gasteiger partial charge on any atom is -0.469 e. The molecule has 0 spiro atoms. The van der Waals surface area contributed by atoms with Gasteiger partial charge in [0.25, 0.3) is 0 Å². The van der Waals surface area contributed by atoms with E-state index in [4.69, 9.17) is 4.74 Å². The summed E-state index contributed by atoms with van der Waals surface area (Å²) in [6, 6.07) is 0. The van der Waals surface area contributed by atoms with E-state index in [0.717, 1.165) is 19.3 Å². The summed E-state index contributed by atoms with van der Waals surface area (Å²) in [5, 5.41) is 0. The van der Waals surface area contributed by atoms with E-state index >= 15 is 0 Å². The molecule has 0 radical (unpaired) electrons. The van der Waals surface area contributed by atoms with Crippen LogP contribution in [0, 0.1) is 11.3 Å². The highest BCUT2D eigenvalue weighted by Gasteiger charge is 2.37. The van der Waals surface area contributed by atoms with E-state index in [9.17, 15) is 4.79 Å². The Bertz CT molecular complexity index is 165. The van der Waals surface area contributed by atoms with Crippen molar-refractivity contribution < 1.29 is 9.53 Å². The molecule has 0 saturated heterocycles. The summed E-state index contributed by atoms with van der Waals surface area (Å²) in [4.78, 5) is 11.6. The van der Waals surface area contributed by atoms with Crippen LogP contribution in [0.3, 0.4) is 0 Å². The van der Waals surface area contributed by atoms with Crippen molar-refractivity contribution in [3.63, 3.8) is 0 Å². The number of hydrogen-bond donors (Lipinski definition) is 0. The summed E-state index contributed by atoms with van der Waals surface area (Å²) in [6.07, 6.45) is 3.05. The lowest BCUT2D eigenvalue weighted by Crippen LogP contribution is -2.35. The Morgan fingerprint density at radius 2 is 2.00 bits per heavy atom. The largest absolute Gasteiger partial charge is 0.469 e. The van der Waals surface area contributed by atoms with Gasteiger partial charge in [-0.25, -0.2) is 0 Å². The number of ether oxygens (including phenoxy) is 1. The molecule has 0 aliphatic rings. The fraction of sp³-hybridized carbons (Fsp3) is 0.909. The molecule has 0 aromatic rings. The second kappa shape index (κ2) is 5.25. The molecule has 0 N–H and O–H groups in total. The minimum atomic E-state index is -0.301. The first-order valence-corrected chi connectivity index (χ1v) is 5.11. The average molecular weight is 186 g/mol. The van der Waals surface area contributed by atoms with Crippen molar-refractivity contribution in [2.24, 2.45) is 11.3 Å². The van der Waals surface area contributed by atoms with Crippen molar-refractivity contribution in [2.75, 3.05) is 7.11 Å². The molecule has 0 amide bonds. The van der Waals surface area contributed by atoms with Gasteiger partial charge in [-0.2, -0.15) is 0 Å². The van der Waals surface area contributed by atoms with Crippen LogP contribution in [-0.4, -0.2) is 13.1 Å². The van der Waals surface area contributed by atoms with Gasteiger partial charge in [-0.1, -0.05) is 27.2 Å². The van der Waals surface area contributed by atoms with Crippen molar-refractivity contribution in [3.8, 4) is 0 Å². The molecule has 2 nitrogen and oxygen atoms in total. The molecule has 13 heavy (non-hydrogen) atoms.